The molecule has 1 atom stereocenters. The van der Waals surface area contributed by atoms with Gasteiger partial charge >= 0.3 is 6.03 Å². The number of halogens is 1. The summed E-state index contributed by atoms with van der Waals surface area (Å²) in [7, 11) is 0. The standard InChI is InChI=1S/C22H20ClN3O2/c23-19-9-5-4-8-18(19)20(26-22(24)28)14-21(27)25-17-12-10-16(11-13-17)15-6-2-1-3-7-15/h1-13,20H,14H2,(H,25,27)(H3,24,26,28). The number of amides is 3. The second-order valence-corrected chi connectivity index (χ2v) is 6.69. The van der Waals surface area contributed by atoms with Crippen LogP contribution in [0.4, 0.5) is 10.5 Å². The monoisotopic (exact) mass is 393 g/mol. The average Bonchev–Trinajstić information content (AvgIpc) is 2.69. The Hall–Kier alpha value is -3.31. The summed E-state index contributed by atoms with van der Waals surface area (Å²) in [5.74, 6) is -0.258. The molecule has 0 fully saturated rings. The molecule has 0 heterocycles. The van der Waals surface area contributed by atoms with Gasteiger partial charge in [-0.25, -0.2) is 4.79 Å². The summed E-state index contributed by atoms with van der Waals surface area (Å²) < 4.78 is 0. The third-order valence-corrected chi connectivity index (χ3v) is 4.61. The van der Waals surface area contributed by atoms with E-state index < -0.39 is 12.1 Å². The molecular formula is C22H20ClN3O2. The maximum absolute atomic E-state index is 12.5. The highest BCUT2D eigenvalue weighted by molar-refractivity contribution is 6.31. The van der Waals surface area contributed by atoms with Crippen LogP contribution in [-0.4, -0.2) is 11.9 Å². The Morgan fingerprint density at radius 3 is 2.11 bits per heavy atom. The van der Waals surface area contributed by atoms with Gasteiger partial charge in [-0.2, -0.15) is 0 Å². The van der Waals surface area contributed by atoms with Crippen LogP contribution in [0.2, 0.25) is 5.02 Å². The highest BCUT2D eigenvalue weighted by atomic mass is 35.5. The van der Waals surface area contributed by atoms with Crippen LogP contribution in [-0.2, 0) is 4.79 Å². The number of rotatable bonds is 6. The van der Waals surface area contributed by atoms with Crippen molar-refractivity contribution in [3.63, 3.8) is 0 Å². The van der Waals surface area contributed by atoms with Crippen molar-refractivity contribution in [3.8, 4) is 11.1 Å². The predicted molar refractivity (Wildman–Crippen MR) is 112 cm³/mol. The fourth-order valence-electron chi connectivity index (χ4n) is 2.94. The summed E-state index contributed by atoms with van der Waals surface area (Å²) in [4.78, 5) is 23.8. The van der Waals surface area contributed by atoms with Gasteiger partial charge in [-0.3, -0.25) is 4.79 Å². The maximum Gasteiger partial charge on any atom is 0.312 e. The first-order chi connectivity index (χ1) is 13.5. The van der Waals surface area contributed by atoms with Crippen molar-refractivity contribution in [2.45, 2.75) is 12.5 Å². The van der Waals surface area contributed by atoms with Gasteiger partial charge in [0.2, 0.25) is 5.91 Å². The fourth-order valence-corrected chi connectivity index (χ4v) is 3.21. The Morgan fingerprint density at radius 2 is 1.46 bits per heavy atom. The minimum atomic E-state index is -0.718. The van der Waals surface area contributed by atoms with Gasteiger partial charge in [0, 0.05) is 10.7 Å². The van der Waals surface area contributed by atoms with E-state index >= 15 is 0 Å². The van der Waals surface area contributed by atoms with Crippen molar-refractivity contribution >= 4 is 29.2 Å². The van der Waals surface area contributed by atoms with E-state index in [1.165, 1.54) is 0 Å². The Bertz CT molecular complexity index is 959. The summed E-state index contributed by atoms with van der Waals surface area (Å²) in [6.45, 7) is 0. The molecule has 142 valence electrons. The molecule has 0 bridgehead atoms. The molecule has 0 aliphatic carbocycles. The molecule has 0 radical (unpaired) electrons. The predicted octanol–water partition coefficient (Wildman–Crippen LogP) is 4.75. The zero-order chi connectivity index (χ0) is 19.9. The lowest BCUT2D eigenvalue weighted by Gasteiger charge is -2.19. The average molecular weight is 394 g/mol. The van der Waals surface area contributed by atoms with Crippen molar-refractivity contribution in [2.24, 2.45) is 5.73 Å². The second-order valence-electron chi connectivity index (χ2n) is 6.28. The molecule has 0 saturated heterocycles. The number of benzene rings is 3. The molecule has 28 heavy (non-hydrogen) atoms. The van der Waals surface area contributed by atoms with Crippen molar-refractivity contribution in [1.82, 2.24) is 5.32 Å². The molecule has 6 heteroatoms. The van der Waals surface area contributed by atoms with Gasteiger partial charge in [-0.15, -0.1) is 0 Å². The number of hydrogen-bond donors (Lipinski definition) is 3. The lowest BCUT2D eigenvalue weighted by atomic mass is 10.0. The lowest BCUT2D eigenvalue weighted by molar-refractivity contribution is -0.116. The highest BCUT2D eigenvalue weighted by Gasteiger charge is 2.19. The number of urea groups is 1. The number of nitrogens with one attached hydrogen (secondary N) is 2. The molecule has 0 aliphatic rings. The quantitative estimate of drug-likeness (QED) is 0.564. The largest absolute Gasteiger partial charge is 0.352 e. The number of primary amides is 1. The maximum atomic E-state index is 12.5. The van der Waals surface area contributed by atoms with Crippen LogP contribution < -0.4 is 16.4 Å². The van der Waals surface area contributed by atoms with Crippen molar-refractivity contribution in [1.29, 1.82) is 0 Å². The molecule has 0 saturated carbocycles. The van der Waals surface area contributed by atoms with E-state index in [-0.39, 0.29) is 12.3 Å². The van der Waals surface area contributed by atoms with Crippen LogP contribution >= 0.6 is 11.6 Å². The molecule has 3 aromatic carbocycles. The summed E-state index contributed by atoms with van der Waals surface area (Å²) in [6, 6.07) is 23.2. The summed E-state index contributed by atoms with van der Waals surface area (Å²) >= 11 is 6.20. The van der Waals surface area contributed by atoms with Crippen LogP contribution in [0.25, 0.3) is 11.1 Å². The Balaban J connectivity index is 1.69. The third kappa shape index (κ3) is 5.11. The number of anilines is 1. The smallest absolute Gasteiger partial charge is 0.312 e. The van der Waals surface area contributed by atoms with Gasteiger partial charge in [0.15, 0.2) is 0 Å². The summed E-state index contributed by atoms with van der Waals surface area (Å²) in [6.07, 6.45) is 0.00705. The Morgan fingerprint density at radius 1 is 0.857 bits per heavy atom. The van der Waals surface area contributed by atoms with E-state index in [1.54, 1.807) is 24.3 Å². The SMILES string of the molecule is NC(=O)NC(CC(=O)Nc1ccc(-c2ccccc2)cc1)c1ccccc1Cl. The number of carbonyl (C=O) groups excluding carboxylic acids is 2. The minimum Gasteiger partial charge on any atom is -0.352 e. The first kappa shape index (κ1) is 19.5. The molecule has 3 amide bonds. The number of hydrogen-bond acceptors (Lipinski definition) is 2. The van der Waals surface area contributed by atoms with Gasteiger partial charge in [-0.1, -0.05) is 72.3 Å². The number of nitrogens with two attached hydrogens (primary N) is 1. The first-order valence-corrected chi connectivity index (χ1v) is 9.16. The third-order valence-electron chi connectivity index (χ3n) is 4.26. The van der Waals surface area contributed by atoms with Crippen LogP contribution in [0, 0.1) is 0 Å². The molecule has 3 rings (SSSR count). The van der Waals surface area contributed by atoms with Gasteiger partial charge in [-0.05, 0) is 34.9 Å². The van der Waals surface area contributed by atoms with Crippen LogP contribution in [0.5, 0.6) is 0 Å². The Kier molecular flexibility index (Phi) is 6.29. The van der Waals surface area contributed by atoms with Crippen LogP contribution in [0.1, 0.15) is 18.0 Å². The fraction of sp³-hybridized carbons (Fsp3) is 0.0909. The molecule has 5 nitrogen and oxygen atoms in total. The molecule has 0 spiro atoms. The van der Waals surface area contributed by atoms with Crippen molar-refractivity contribution < 1.29 is 9.59 Å². The molecule has 1 unspecified atom stereocenters. The van der Waals surface area contributed by atoms with Crippen molar-refractivity contribution in [3.05, 3.63) is 89.4 Å². The van der Waals surface area contributed by atoms with Crippen molar-refractivity contribution in [2.75, 3.05) is 5.32 Å². The lowest BCUT2D eigenvalue weighted by Crippen LogP contribution is -2.35. The summed E-state index contributed by atoms with van der Waals surface area (Å²) in [5, 5.41) is 5.88. The van der Waals surface area contributed by atoms with Gasteiger partial charge < -0.3 is 16.4 Å². The molecule has 0 aromatic heterocycles. The highest BCUT2D eigenvalue weighted by Crippen LogP contribution is 2.26. The normalized spacial score (nSPS) is 11.5. The van der Waals surface area contributed by atoms with Gasteiger partial charge in [0.1, 0.15) is 0 Å². The topological polar surface area (TPSA) is 84.2 Å². The van der Waals surface area contributed by atoms with Crippen LogP contribution in [0.3, 0.4) is 0 Å². The van der Waals surface area contributed by atoms with Gasteiger partial charge in [0.25, 0.3) is 0 Å². The van der Waals surface area contributed by atoms with E-state index in [9.17, 15) is 9.59 Å². The first-order valence-electron chi connectivity index (χ1n) is 8.78. The van der Waals surface area contributed by atoms with E-state index in [1.807, 2.05) is 54.6 Å². The summed E-state index contributed by atoms with van der Waals surface area (Å²) in [5.41, 5.74) is 8.72. The Labute approximate surface area is 168 Å². The molecule has 0 aliphatic heterocycles. The van der Waals surface area contributed by atoms with E-state index in [2.05, 4.69) is 10.6 Å². The molecule has 3 aromatic rings. The number of carbonyl (C=O) groups is 2. The van der Waals surface area contributed by atoms with Gasteiger partial charge in [0.05, 0.1) is 12.5 Å². The van der Waals surface area contributed by atoms with E-state index in [0.717, 1.165) is 11.1 Å². The molecular weight excluding hydrogens is 374 g/mol. The zero-order valence-corrected chi connectivity index (χ0v) is 15.8. The zero-order valence-electron chi connectivity index (χ0n) is 15.1. The second kappa shape index (κ2) is 9.06. The minimum absolute atomic E-state index is 0.00705. The molecule has 4 N–H and O–H groups in total. The van der Waals surface area contributed by atoms with E-state index in [4.69, 9.17) is 17.3 Å². The van der Waals surface area contributed by atoms with Crippen LogP contribution in [0.15, 0.2) is 78.9 Å². The van der Waals surface area contributed by atoms with E-state index in [0.29, 0.717) is 16.3 Å².